The molecular formula is C109H192B3N19O17. The van der Waals surface area contributed by atoms with Crippen LogP contribution in [0.4, 0.5) is 0 Å². The summed E-state index contributed by atoms with van der Waals surface area (Å²) in [6.07, 6.45) is 10.6. The topological polar surface area (TPSA) is 481 Å². The van der Waals surface area contributed by atoms with Gasteiger partial charge in [0, 0.05) is 270 Å². The molecule has 19 N–H and O–H groups in total. The van der Waals surface area contributed by atoms with Crippen LogP contribution in [0.15, 0.2) is 116 Å². The Hall–Kier alpha value is -8.47. The molecule has 0 aliphatic carbocycles. The number of hydrogen-bond donors (Lipinski definition) is 16. The minimum Gasteiger partial charge on any atom is -0.481 e. The Morgan fingerprint density at radius 2 is 0.811 bits per heavy atom. The van der Waals surface area contributed by atoms with E-state index in [4.69, 9.17) is 41.6 Å². The Morgan fingerprint density at radius 3 is 1.16 bits per heavy atom. The van der Waals surface area contributed by atoms with Crippen LogP contribution in [0.1, 0.15) is 230 Å². The van der Waals surface area contributed by atoms with Gasteiger partial charge in [0.2, 0.25) is 41.0 Å². The van der Waals surface area contributed by atoms with Crippen LogP contribution in [0, 0.1) is 36.2 Å². The summed E-state index contributed by atoms with van der Waals surface area (Å²) in [7, 11) is -2.96. The second-order valence-electron chi connectivity index (χ2n) is 46.5. The zero-order valence-corrected chi connectivity index (χ0v) is 90.8. The third-order valence-electron chi connectivity index (χ3n) is 29.5. The Labute approximate surface area is 889 Å². The maximum atomic E-state index is 14.0. The van der Waals surface area contributed by atoms with Gasteiger partial charge in [-0.1, -0.05) is 145 Å². The summed E-state index contributed by atoms with van der Waals surface area (Å²) in [5, 5.41) is 78.2. The number of nitrogens with zero attached hydrogens (tertiary/aromatic N) is 9. The number of amides is 6. The van der Waals surface area contributed by atoms with Crippen LogP contribution in [0.5, 0.6) is 0 Å². The van der Waals surface area contributed by atoms with Crippen molar-refractivity contribution in [3.8, 4) is 0 Å². The van der Waals surface area contributed by atoms with E-state index in [1.807, 2.05) is 107 Å². The first kappa shape index (κ1) is 132. The van der Waals surface area contributed by atoms with Crippen molar-refractivity contribution in [1.82, 2.24) is 87.9 Å². The number of allylic oxidation sites excluding steroid dienone is 2. The second kappa shape index (κ2) is 58.0. The number of ketones is 1. The Morgan fingerprint density at radius 1 is 0.493 bits per heavy atom. The van der Waals surface area contributed by atoms with Gasteiger partial charge in [-0.25, -0.2) is 6.57 Å². The molecule has 834 valence electrons. The van der Waals surface area contributed by atoms with Gasteiger partial charge in [-0.15, -0.1) is 13.2 Å². The molecule has 39 heteroatoms. The number of hydrogen-bond acceptors (Lipinski definition) is 27. The maximum absolute atomic E-state index is 14.0. The van der Waals surface area contributed by atoms with E-state index in [0.717, 1.165) is 150 Å². The van der Waals surface area contributed by atoms with Crippen molar-refractivity contribution < 1.29 is 84.2 Å². The number of carboxylic acids is 2. The molecule has 3 aromatic rings. The number of carboxylic acid groups (broad SMARTS) is 2. The van der Waals surface area contributed by atoms with Crippen LogP contribution >= 0.6 is 0 Å². The Kier molecular flexibility index (Phi) is 51.7. The van der Waals surface area contributed by atoms with E-state index >= 15 is 0 Å². The van der Waals surface area contributed by atoms with E-state index in [1.54, 1.807) is 0 Å². The number of carbonyl (C=O) groups is 9. The van der Waals surface area contributed by atoms with Gasteiger partial charge in [-0.05, 0) is 158 Å². The molecule has 11 fully saturated rings. The fraction of sp³-hybridized carbons (Fsp3) is 0.706. The molecule has 9 unspecified atom stereocenters. The van der Waals surface area contributed by atoms with Crippen molar-refractivity contribution in [2.75, 3.05) is 131 Å². The number of nitrogens with two attached hydrogens (primary N) is 1. The van der Waals surface area contributed by atoms with Crippen molar-refractivity contribution in [3.63, 3.8) is 0 Å². The van der Waals surface area contributed by atoms with Gasteiger partial charge in [-0.3, -0.25) is 82.4 Å². The predicted molar refractivity (Wildman–Crippen MR) is 593 cm³/mol. The molecule has 11 aliphatic rings. The highest BCUT2D eigenvalue weighted by Gasteiger charge is 2.63. The fourth-order valence-electron chi connectivity index (χ4n) is 22.5. The van der Waals surface area contributed by atoms with Gasteiger partial charge >= 0.3 is 27.3 Å². The first-order valence-electron chi connectivity index (χ1n) is 52.0. The highest BCUT2D eigenvalue weighted by molar-refractivity contribution is 6.45. The van der Waals surface area contributed by atoms with Crippen LogP contribution in [0.25, 0.3) is 4.85 Å². The van der Waals surface area contributed by atoms with Crippen molar-refractivity contribution >= 4 is 74.5 Å². The van der Waals surface area contributed by atoms with E-state index in [2.05, 4.69) is 206 Å². The smallest absolute Gasteiger partial charge is 0.457 e. The van der Waals surface area contributed by atoms with Crippen LogP contribution in [-0.4, -0.2) is 361 Å². The first-order chi connectivity index (χ1) is 67.3. The number of carbonyl (C=O) groups excluding carboxylic acids is 7. The fourth-order valence-corrected chi connectivity index (χ4v) is 22.5. The Balaban J connectivity index is 0.000000472. The largest absolute Gasteiger partial charge is 0.481 e. The summed E-state index contributed by atoms with van der Waals surface area (Å²) in [5.74, 6) is -2.47. The number of Topliss-reactive ketones (excluding diaryl/α,β-unsaturated/α-hetero) is 1. The third kappa shape index (κ3) is 37.8. The van der Waals surface area contributed by atoms with Gasteiger partial charge in [0.1, 0.15) is 22.2 Å². The third-order valence-corrected chi connectivity index (χ3v) is 29.5. The van der Waals surface area contributed by atoms with E-state index in [0.29, 0.717) is 76.7 Å². The minimum absolute atomic E-state index is 0. The van der Waals surface area contributed by atoms with Crippen molar-refractivity contribution in [3.05, 3.63) is 144 Å². The monoisotopic (exact) mass is 2070 g/mol. The summed E-state index contributed by atoms with van der Waals surface area (Å²) >= 11 is 0. The standard InChI is InChI=1S/C30H49BN4O4.C24H36N4O2.C17H33BN4O4.C17H22N2O.C11H22BN3O4.C5H9N.C2H4O2.3CH4.H3N.H2/c1-22(36)32-30(26(37)33-27(2,3)4)21-35-18-17-34(19-23-13-10-9-11-14-23)20-25(35)24(30)15-12-16-31-38-28(5,6)29(7,8)39-31;1-6-10-20-21-16-27(15-19-11-8-7-9-12-19)13-14-28(21)17-24(20,25-18(2)29)22(30)26-23(3,4)5;1-12(23)20-17(15(24)21-16(2,3)4)11-22-9-8-19-10-14(22)13(17)6-5-7-18(25)26;1-2-6-15-16-12-18(9-10-19(16)13-17(15)20)11-14-7-4-3-5-8-14;13-11(10(16)17)7-15-5-4-14-6-9(15)8(11)2-1-3-12(18)19;1-5(2,3)6-4;1-2(3)4;;;;;/h9-11,13-14,24-25H,12,15-21H2,1-8H3,(H,32,36)(H,33,37);6-9,11-12,20-21H,1,10,13-17H2,2-5H3,(H,25,29)(H,26,30);13-14,19,25-26H,5-11H2,1-4H3,(H,20,23)(H,21,24);2-5,7-8,15-16H,1,6,9-13H2;8-9,14,18-19H,1-7,13H2,(H,16,17);1-3H3;1H3,(H,3,4);3*1H4;1H3;1H/t24?,25-,30?;20?,21-,24?;13?,14-,17?;15?,16-;8?,9-,11?;;;;;;;/m00000......./s1. The minimum atomic E-state index is -1.35. The lowest BCUT2D eigenvalue weighted by Crippen LogP contribution is -2.66. The molecule has 148 heavy (non-hydrogen) atoms. The molecule has 0 radical (unpaired) electrons. The van der Waals surface area contributed by atoms with E-state index in [9.17, 15) is 53.5 Å². The van der Waals surface area contributed by atoms with Crippen molar-refractivity contribution in [2.24, 2.45) is 35.3 Å². The number of aliphatic carboxylic acids is 2. The van der Waals surface area contributed by atoms with Crippen LogP contribution in [0.2, 0.25) is 19.0 Å². The van der Waals surface area contributed by atoms with Gasteiger partial charge in [-0.2, -0.15) is 0 Å². The lowest BCUT2D eigenvalue weighted by atomic mass is 9.74. The lowest BCUT2D eigenvalue weighted by Gasteiger charge is -2.40. The first-order valence-corrected chi connectivity index (χ1v) is 52.0. The predicted octanol–water partition coefficient (Wildman–Crippen LogP) is 8.55. The van der Waals surface area contributed by atoms with Crippen LogP contribution in [-0.2, 0) is 72.1 Å². The van der Waals surface area contributed by atoms with Gasteiger partial charge < -0.3 is 98.9 Å². The van der Waals surface area contributed by atoms with Gasteiger partial charge in [0.25, 0.3) is 5.97 Å². The normalized spacial score (nSPS) is 27.1. The number of nitrogens with one attached hydrogen (secondary N) is 8. The average molecular weight is 2070 g/mol. The van der Waals surface area contributed by atoms with E-state index in [-0.39, 0.29) is 161 Å². The zero-order valence-electron chi connectivity index (χ0n) is 90.8. The summed E-state index contributed by atoms with van der Waals surface area (Å²) in [5.41, 5.74) is 3.83. The van der Waals surface area contributed by atoms with Gasteiger partial charge in [0.05, 0.1) is 17.7 Å². The molecule has 0 spiro atoms. The molecule has 14 rings (SSSR count). The lowest BCUT2D eigenvalue weighted by molar-refractivity contribution is -0.144. The number of piperazine rings is 5. The number of fused-ring (bicyclic) bond motifs is 5. The Bertz CT molecular complexity index is 4710. The summed E-state index contributed by atoms with van der Waals surface area (Å²) < 4.78 is 12.5. The van der Waals surface area contributed by atoms with Crippen LogP contribution < -0.4 is 54.4 Å². The quantitative estimate of drug-likeness (QED) is 0.0176. The number of benzene rings is 3. The van der Waals surface area contributed by atoms with Gasteiger partial charge in [0.15, 0.2) is 5.78 Å². The molecule has 11 saturated heterocycles. The molecule has 11 aliphatic heterocycles. The molecule has 0 aromatic heterocycles. The average Bonchev–Trinajstić information content (AvgIpc) is 1.59. The maximum Gasteiger partial charge on any atom is 0.457 e. The molecule has 14 atom stereocenters. The van der Waals surface area contributed by atoms with Crippen molar-refractivity contribution in [2.45, 2.75) is 336 Å². The highest BCUT2D eigenvalue weighted by atomic mass is 16.7. The molecule has 0 bridgehead atoms. The van der Waals surface area contributed by atoms with E-state index < -0.39 is 59.4 Å². The molecule has 6 amide bonds. The zero-order chi connectivity index (χ0) is 107. The molecule has 11 heterocycles. The molecule has 36 nitrogen and oxygen atoms in total. The van der Waals surface area contributed by atoms with Crippen LogP contribution in [0.3, 0.4) is 0 Å². The summed E-state index contributed by atoms with van der Waals surface area (Å²) in [6.45, 7) is 70.0. The van der Waals surface area contributed by atoms with Crippen molar-refractivity contribution in [1.29, 1.82) is 0 Å². The molecule has 3 aromatic carbocycles. The SMILES string of the molecule is C.C.C.C=CCC1C(=O)CN2CCN(Cc3ccccc3)C[C@@H]12.C=CCC1[C@@H]2CN(Cc3ccccc3)CCN2CC1(NC(C)=O)C(=O)NC(C)(C)C.CC(=O)NC1(C(=O)NC(C)(C)C)CN2CCN(Cc3ccccc3)C[C@H]2C1CCCB1OC(C)(C)C(C)(C)O1.CC(=O)NC1(C(=O)NC(C)(C)C)CN2CCNC[C@H]2C1CCCB(O)O.CC(=O)O.N.NC1(C(=O)O)CN2CCNC[C@H]2C1CCCB(O)O.[C-]#[N+]C(C)(C)C.[HH]. The second-order valence-corrected chi connectivity index (χ2v) is 46.5. The highest BCUT2D eigenvalue weighted by Crippen LogP contribution is 2.46. The van der Waals surface area contributed by atoms with E-state index in [1.165, 1.54) is 37.5 Å². The summed E-state index contributed by atoms with van der Waals surface area (Å²) in [4.78, 5) is 132. The summed E-state index contributed by atoms with van der Waals surface area (Å²) in [6, 6.07) is 32.6. The molecule has 0 saturated carbocycles. The number of rotatable bonds is 29. The molecular weight excluding hydrogens is 1880 g/mol.